The van der Waals surface area contributed by atoms with Crippen molar-refractivity contribution in [2.45, 2.75) is 26.9 Å². The zero-order valence-corrected chi connectivity index (χ0v) is 13.7. The molecule has 0 radical (unpaired) electrons. The normalized spacial score (nSPS) is 10.8. The van der Waals surface area contributed by atoms with Gasteiger partial charge in [0, 0.05) is 33.0 Å². The fourth-order valence-corrected chi connectivity index (χ4v) is 2.46. The molecule has 7 heteroatoms. The number of halogens is 1. The van der Waals surface area contributed by atoms with Crippen LogP contribution in [-0.2, 0) is 20.1 Å². The zero-order chi connectivity index (χ0) is 14.9. The summed E-state index contributed by atoms with van der Waals surface area (Å²) in [6, 6.07) is 0. The van der Waals surface area contributed by atoms with E-state index >= 15 is 0 Å². The fourth-order valence-electron chi connectivity index (χ4n) is 2.02. The molecule has 0 aliphatic heterocycles. The van der Waals surface area contributed by atoms with Crippen LogP contribution in [0.1, 0.15) is 28.7 Å². The lowest BCUT2D eigenvalue weighted by atomic mass is 10.2. The maximum Gasteiger partial charge on any atom is 0.257 e. The van der Waals surface area contributed by atoms with Crippen molar-refractivity contribution in [2.24, 2.45) is 7.05 Å². The van der Waals surface area contributed by atoms with Crippen LogP contribution in [0.4, 0.5) is 0 Å². The van der Waals surface area contributed by atoms with Crippen LogP contribution in [0.3, 0.4) is 0 Å². The van der Waals surface area contributed by atoms with E-state index in [0.717, 1.165) is 22.4 Å². The van der Waals surface area contributed by atoms with Gasteiger partial charge in [0.25, 0.3) is 5.91 Å². The Kier molecular flexibility index (Phi) is 4.27. The van der Waals surface area contributed by atoms with Gasteiger partial charge in [-0.1, -0.05) is 0 Å². The van der Waals surface area contributed by atoms with Crippen molar-refractivity contribution in [2.75, 3.05) is 7.05 Å². The molecule has 0 aromatic carbocycles. The van der Waals surface area contributed by atoms with Gasteiger partial charge in [-0.05, 0) is 29.8 Å². The third-order valence-corrected chi connectivity index (χ3v) is 3.75. The lowest BCUT2D eigenvalue weighted by molar-refractivity contribution is 0.0782. The summed E-state index contributed by atoms with van der Waals surface area (Å²) in [4.78, 5) is 14.0. The van der Waals surface area contributed by atoms with Crippen LogP contribution in [0.5, 0.6) is 0 Å². The summed E-state index contributed by atoms with van der Waals surface area (Å²) in [5.41, 5.74) is 2.22. The van der Waals surface area contributed by atoms with Crippen molar-refractivity contribution in [1.82, 2.24) is 24.5 Å². The molecule has 0 atom stereocenters. The van der Waals surface area contributed by atoms with Crippen molar-refractivity contribution in [3.8, 4) is 0 Å². The van der Waals surface area contributed by atoms with Crippen molar-refractivity contribution < 1.29 is 4.79 Å². The van der Waals surface area contributed by atoms with Crippen LogP contribution in [-0.4, -0.2) is 37.4 Å². The highest BCUT2D eigenvalue weighted by molar-refractivity contribution is 9.10. The SMILES string of the molecule is CCn1cc(Br)c(CN(C)C(=O)c2cn(C)nc2C)n1. The minimum atomic E-state index is -0.0476. The first-order valence-electron chi connectivity index (χ1n) is 6.40. The van der Waals surface area contributed by atoms with E-state index in [2.05, 4.69) is 26.1 Å². The van der Waals surface area contributed by atoms with Gasteiger partial charge in [-0.25, -0.2) is 0 Å². The molecule has 0 saturated carbocycles. The molecule has 2 rings (SSSR count). The number of aromatic nitrogens is 4. The second-order valence-corrected chi connectivity index (χ2v) is 5.60. The number of aryl methyl sites for hydroxylation is 3. The van der Waals surface area contributed by atoms with E-state index in [9.17, 15) is 4.79 Å². The second kappa shape index (κ2) is 5.78. The van der Waals surface area contributed by atoms with Gasteiger partial charge in [-0.2, -0.15) is 10.2 Å². The van der Waals surface area contributed by atoms with Crippen LogP contribution >= 0.6 is 15.9 Å². The predicted octanol–water partition coefficient (Wildman–Crippen LogP) is 1.98. The van der Waals surface area contributed by atoms with Gasteiger partial charge in [-0.3, -0.25) is 14.2 Å². The van der Waals surface area contributed by atoms with Crippen molar-refractivity contribution in [1.29, 1.82) is 0 Å². The van der Waals surface area contributed by atoms with Crippen molar-refractivity contribution in [3.05, 3.63) is 33.8 Å². The Bertz CT molecular complexity index is 631. The summed E-state index contributed by atoms with van der Waals surface area (Å²) in [5.74, 6) is -0.0476. The number of hydrogen-bond donors (Lipinski definition) is 0. The van der Waals surface area contributed by atoms with Crippen LogP contribution in [0.2, 0.25) is 0 Å². The van der Waals surface area contributed by atoms with Gasteiger partial charge in [0.1, 0.15) is 0 Å². The Labute approximate surface area is 126 Å². The van der Waals surface area contributed by atoms with E-state index in [-0.39, 0.29) is 5.91 Å². The van der Waals surface area contributed by atoms with Gasteiger partial charge in [-0.15, -0.1) is 0 Å². The number of hydrogen-bond acceptors (Lipinski definition) is 3. The standard InChI is InChI=1S/C13H18BrN5O/c1-5-19-7-11(14)12(16-19)8-17(3)13(20)10-6-18(4)15-9(10)2/h6-7H,5,8H2,1-4H3. The molecule has 2 aromatic heterocycles. The highest BCUT2D eigenvalue weighted by atomic mass is 79.9. The predicted molar refractivity (Wildman–Crippen MR) is 79.3 cm³/mol. The van der Waals surface area contributed by atoms with Crippen molar-refractivity contribution >= 4 is 21.8 Å². The molecule has 0 unspecified atom stereocenters. The first kappa shape index (κ1) is 14.8. The summed E-state index contributed by atoms with van der Waals surface area (Å²) < 4.78 is 4.41. The lowest BCUT2D eigenvalue weighted by Gasteiger charge is -2.15. The minimum absolute atomic E-state index is 0.0476. The van der Waals surface area contributed by atoms with E-state index in [1.165, 1.54) is 0 Å². The van der Waals surface area contributed by atoms with Crippen LogP contribution < -0.4 is 0 Å². The summed E-state index contributed by atoms with van der Waals surface area (Å²) >= 11 is 3.47. The van der Waals surface area contributed by atoms with Gasteiger partial charge in [0.15, 0.2) is 0 Å². The number of carbonyl (C=O) groups excluding carboxylic acids is 1. The summed E-state index contributed by atoms with van der Waals surface area (Å²) in [6.07, 6.45) is 3.66. The van der Waals surface area contributed by atoms with E-state index in [1.807, 2.05) is 31.8 Å². The Hall–Kier alpha value is -1.63. The molecule has 2 aromatic rings. The van der Waals surface area contributed by atoms with E-state index < -0.39 is 0 Å². The third kappa shape index (κ3) is 2.92. The molecule has 0 saturated heterocycles. The maximum absolute atomic E-state index is 12.4. The molecular weight excluding hydrogens is 322 g/mol. The Morgan fingerprint density at radius 3 is 2.60 bits per heavy atom. The molecular formula is C13H18BrN5O. The van der Waals surface area contributed by atoms with E-state index in [0.29, 0.717) is 12.1 Å². The first-order chi connectivity index (χ1) is 9.42. The Morgan fingerprint density at radius 1 is 1.40 bits per heavy atom. The maximum atomic E-state index is 12.4. The molecule has 108 valence electrons. The average Bonchev–Trinajstić information content (AvgIpc) is 2.91. The number of amides is 1. The van der Waals surface area contributed by atoms with Gasteiger partial charge >= 0.3 is 0 Å². The molecule has 0 spiro atoms. The summed E-state index contributed by atoms with van der Waals surface area (Å²) in [5, 5.41) is 8.62. The molecule has 0 aliphatic rings. The number of nitrogens with zero attached hydrogens (tertiary/aromatic N) is 5. The summed E-state index contributed by atoms with van der Waals surface area (Å²) in [6.45, 7) is 5.12. The third-order valence-electron chi connectivity index (χ3n) is 3.09. The van der Waals surface area contributed by atoms with Gasteiger partial charge in [0.05, 0.1) is 28.0 Å². The van der Waals surface area contributed by atoms with E-state index in [4.69, 9.17) is 0 Å². The molecule has 0 aliphatic carbocycles. The minimum Gasteiger partial charge on any atom is -0.336 e. The van der Waals surface area contributed by atoms with Crippen molar-refractivity contribution in [3.63, 3.8) is 0 Å². The van der Waals surface area contributed by atoms with Gasteiger partial charge < -0.3 is 4.90 Å². The van der Waals surface area contributed by atoms with Crippen LogP contribution in [0, 0.1) is 6.92 Å². The van der Waals surface area contributed by atoms with E-state index in [1.54, 1.807) is 22.8 Å². The molecule has 6 nitrogen and oxygen atoms in total. The van der Waals surface area contributed by atoms with Crippen LogP contribution in [0.25, 0.3) is 0 Å². The largest absolute Gasteiger partial charge is 0.336 e. The molecule has 0 fully saturated rings. The lowest BCUT2D eigenvalue weighted by Crippen LogP contribution is -2.27. The Morgan fingerprint density at radius 2 is 2.10 bits per heavy atom. The molecule has 20 heavy (non-hydrogen) atoms. The topological polar surface area (TPSA) is 56.0 Å². The highest BCUT2D eigenvalue weighted by Gasteiger charge is 2.19. The monoisotopic (exact) mass is 339 g/mol. The van der Waals surface area contributed by atoms with Gasteiger partial charge in [0.2, 0.25) is 0 Å². The molecule has 0 N–H and O–H groups in total. The first-order valence-corrected chi connectivity index (χ1v) is 7.19. The number of carbonyl (C=O) groups is 1. The Balaban J connectivity index is 2.15. The zero-order valence-electron chi connectivity index (χ0n) is 12.1. The fraction of sp³-hybridized carbons (Fsp3) is 0.462. The molecule has 2 heterocycles. The number of rotatable bonds is 4. The molecule has 0 bridgehead atoms. The highest BCUT2D eigenvalue weighted by Crippen LogP contribution is 2.18. The second-order valence-electron chi connectivity index (χ2n) is 4.74. The average molecular weight is 340 g/mol. The molecule has 1 amide bonds. The quantitative estimate of drug-likeness (QED) is 0.855. The summed E-state index contributed by atoms with van der Waals surface area (Å²) in [7, 11) is 3.58. The van der Waals surface area contributed by atoms with Crippen LogP contribution in [0.15, 0.2) is 16.9 Å². The smallest absolute Gasteiger partial charge is 0.257 e.